The molecule has 0 saturated carbocycles. The van der Waals surface area contributed by atoms with Gasteiger partial charge >= 0.3 is 0 Å². The van der Waals surface area contributed by atoms with E-state index in [1.807, 2.05) is 42.5 Å². The number of hydrogen-bond acceptors (Lipinski definition) is 6. The maximum absolute atomic E-state index is 5.90. The van der Waals surface area contributed by atoms with Crippen molar-refractivity contribution in [2.75, 3.05) is 20.3 Å². The molecule has 6 heteroatoms. The van der Waals surface area contributed by atoms with Gasteiger partial charge in [-0.25, -0.2) is 0 Å². The van der Waals surface area contributed by atoms with Gasteiger partial charge in [-0.05, 0) is 36.4 Å². The predicted molar refractivity (Wildman–Crippen MR) is 105 cm³/mol. The van der Waals surface area contributed by atoms with E-state index in [2.05, 4.69) is 22.8 Å². The molecule has 1 aliphatic heterocycles. The van der Waals surface area contributed by atoms with Crippen LogP contribution in [0, 0.1) is 0 Å². The highest BCUT2D eigenvalue weighted by molar-refractivity contribution is 7.99. The molecule has 0 radical (unpaired) electrons. The molecule has 2 N–H and O–H groups in total. The SMILES string of the molecule is COc1ccccc1COc1ccc(Sc2ccoc2C2CNCN2)cc1. The lowest BCUT2D eigenvalue weighted by Crippen LogP contribution is -2.14. The van der Waals surface area contributed by atoms with Gasteiger partial charge < -0.3 is 19.2 Å². The van der Waals surface area contributed by atoms with Crippen molar-refractivity contribution in [2.24, 2.45) is 0 Å². The second-order valence-electron chi connectivity index (χ2n) is 6.21. The van der Waals surface area contributed by atoms with Crippen LogP contribution in [0.1, 0.15) is 17.4 Å². The third-order valence-corrected chi connectivity index (χ3v) is 5.50. The van der Waals surface area contributed by atoms with Gasteiger partial charge in [0.1, 0.15) is 23.9 Å². The number of benzene rings is 2. The molecule has 1 saturated heterocycles. The molecule has 2 aromatic carbocycles. The maximum atomic E-state index is 5.90. The quantitative estimate of drug-likeness (QED) is 0.638. The first-order valence-electron chi connectivity index (χ1n) is 8.87. The fourth-order valence-electron chi connectivity index (χ4n) is 3.03. The largest absolute Gasteiger partial charge is 0.496 e. The molecule has 0 aliphatic carbocycles. The van der Waals surface area contributed by atoms with Crippen LogP contribution in [0.25, 0.3) is 0 Å². The molecule has 27 heavy (non-hydrogen) atoms. The monoisotopic (exact) mass is 382 g/mol. The van der Waals surface area contributed by atoms with E-state index in [0.717, 1.165) is 45.8 Å². The Kier molecular flexibility index (Phi) is 5.67. The standard InChI is InChI=1S/C21H22N2O3S/c1-24-19-5-3-2-4-15(19)13-26-16-6-8-17(9-7-16)27-20-10-11-25-21(20)18-12-22-14-23-18/h2-11,18,22-23H,12-14H2,1H3. The highest BCUT2D eigenvalue weighted by Gasteiger charge is 2.22. The van der Waals surface area contributed by atoms with Crippen LogP contribution in [-0.4, -0.2) is 20.3 Å². The molecule has 4 rings (SSSR count). The molecule has 5 nitrogen and oxygen atoms in total. The van der Waals surface area contributed by atoms with Crippen LogP contribution in [0.4, 0.5) is 0 Å². The first kappa shape index (κ1) is 18.0. The molecular weight excluding hydrogens is 360 g/mol. The summed E-state index contributed by atoms with van der Waals surface area (Å²) in [4.78, 5) is 2.28. The number of furan rings is 1. The Hall–Kier alpha value is -2.41. The Bertz CT molecular complexity index is 873. The summed E-state index contributed by atoms with van der Waals surface area (Å²) in [5.74, 6) is 2.66. The van der Waals surface area contributed by atoms with E-state index in [1.165, 1.54) is 0 Å². The second-order valence-corrected chi connectivity index (χ2v) is 7.33. The van der Waals surface area contributed by atoms with Crippen molar-refractivity contribution < 1.29 is 13.9 Å². The third-order valence-electron chi connectivity index (χ3n) is 4.43. The van der Waals surface area contributed by atoms with Crippen LogP contribution >= 0.6 is 11.8 Å². The molecule has 0 spiro atoms. The summed E-state index contributed by atoms with van der Waals surface area (Å²) >= 11 is 1.70. The number of rotatable bonds is 7. The minimum absolute atomic E-state index is 0.228. The van der Waals surface area contributed by atoms with Gasteiger partial charge in [-0.15, -0.1) is 0 Å². The van der Waals surface area contributed by atoms with E-state index in [0.29, 0.717) is 6.61 Å². The maximum Gasteiger partial charge on any atom is 0.135 e. The Morgan fingerprint density at radius 1 is 1.11 bits per heavy atom. The summed E-state index contributed by atoms with van der Waals surface area (Å²) in [6.45, 7) is 2.17. The van der Waals surface area contributed by atoms with Gasteiger partial charge in [0, 0.05) is 23.7 Å². The average Bonchev–Trinajstić information content (AvgIpc) is 3.39. The lowest BCUT2D eigenvalue weighted by atomic mass is 10.2. The van der Waals surface area contributed by atoms with Crippen molar-refractivity contribution in [2.45, 2.75) is 22.4 Å². The fourth-order valence-corrected chi connectivity index (χ4v) is 3.97. The van der Waals surface area contributed by atoms with E-state index >= 15 is 0 Å². The predicted octanol–water partition coefficient (Wildman–Crippen LogP) is 4.21. The van der Waals surface area contributed by atoms with Crippen molar-refractivity contribution in [1.82, 2.24) is 10.6 Å². The first-order valence-corrected chi connectivity index (χ1v) is 9.69. The van der Waals surface area contributed by atoms with Crippen LogP contribution in [-0.2, 0) is 6.61 Å². The van der Waals surface area contributed by atoms with Crippen molar-refractivity contribution in [3.05, 3.63) is 72.2 Å². The zero-order valence-electron chi connectivity index (χ0n) is 15.1. The minimum atomic E-state index is 0.228. The summed E-state index contributed by atoms with van der Waals surface area (Å²) in [7, 11) is 1.67. The van der Waals surface area contributed by atoms with Gasteiger partial charge in [0.15, 0.2) is 0 Å². The smallest absolute Gasteiger partial charge is 0.135 e. The number of nitrogens with one attached hydrogen (secondary N) is 2. The minimum Gasteiger partial charge on any atom is -0.496 e. The molecule has 1 atom stereocenters. The zero-order valence-corrected chi connectivity index (χ0v) is 15.9. The van der Waals surface area contributed by atoms with E-state index in [1.54, 1.807) is 25.1 Å². The van der Waals surface area contributed by atoms with Gasteiger partial charge in [0.05, 0.1) is 24.3 Å². The molecule has 2 heterocycles. The topological polar surface area (TPSA) is 55.7 Å². The highest BCUT2D eigenvalue weighted by Crippen LogP contribution is 2.35. The Morgan fingerprint density at radius 3 is 2.74 bits per heavy atom. The second kappa shape index (κ2) is 8.52. The normalized spacial score (nSPS) is 16.4. The van der Waals surface area contributed by atoms with Crippen LogP contribution in [0.15, 0.2) is 75.1 Å². The number of methoxy groups -OCH3 is 1. The molecule has 1 aliphatic rings. The summed E-state index contributed by atoms with van der Waals surface area (Å²) in [5.41, 5.74) is 1.03. The van der Waals surface area contributed by atoms with Crippen molar-refractivity contribution >= 4 is 11.8 Å². The molecule has 140 valence electrons. The molecule has 1 unspecified atom stereocenters. The molecule has 0 bridgehead atoms. The number of ether oxygens (including phenoxy) is 2. The van der Waals surface area contributed by atoms with Crippen LogP contribution < -0.4 is 20.1 Å². The van der Waals surface area contributed by atoms with Crippen molar-refractivity contribution in [3.8, 4) is 11.5 Å². The van der Waals surface area contributed by atoms with Gasteiger partial charge in [-0.2, -0.15) is 0 Å². The number of para-hydroxylation sites is 1. The van der Waals surface area contributed by atoms with E-state index in [4.69, 9.17) is 13.9 Å². The summed E-state index contributed by atoms with van der Waals surface area (Å²) in [6.07, 6.45) is 1.75. The van der Waals surface area contributed by atoms with Crippen LogP contribution in [0.2, 0.25) is 0 Å². The summed E-state index contributed by atoms with van der Waals surface area (Å²) < 4.78 is 17.0. The van der Waals surface area contributed by atoms with Crippen molar-refractivity contribution in [3.63, 3.8) is 0 Å². The van der Waals surface area contributed by atoms with Gasteiger partial charge in [-0.3, -0.25) is 5.32 Å². The molecule has 1 fully saturated rings. The fraction of sp³-hybridized carbons (Fsp3) is 0.238. The van der Waals surface area contributed by atoms with E-state index in [-0.39, 0.29) is 6.04 Å². The third kappa shape index (κ3) is 4.30. The Balaban J connectivity index is 1.39. The van der Waals surface area contributed by atoms with Gasteiger partial charge in [0.2, 0.25) is 0 Å². The van der Waals surface area contributed by atoms with Crippen LogP contribution in [0.5, 0.6) is 11.5 Å². The molecule has 1 aromatic heterocycles. The lowest BCUT2D eigenvalue weighted by Gasteiger charge is -2.11. The Labute approximate surface area is 163 Å². The van der Waals surface area contributed by atoms with E-state index in [9.17, 15) is 0 Å². The summed E-state index contributed by atoms with van der Waals surface area (Å²) in [6, 6.07) is 18.3. The van der Waals surface area contributed by atoms with Gasteiger partial charge in [-0.1, -0.05) is 30.0 Å². The molecule has 0 amide bonds. The molecule has 3 aromatic rings. The van der Waals surface area contributed by atoms with E-state index < -0.39 is 0 Å². The lowest BCUT2D eigenvalue weighted by molar-refractivity contribution is 0.296. The summed E-state index contributed by atoms with van der Waals surface area (Å²) in [5, 5.41) is 6.68. The first-order chi connectivity index (χ1) is 13.3. The molecular formula is C21H22N2O3S. The van der Waals surface area contributed by atoms with Crippen molar-refractivity contribution in [1.29, 1.82) is 0 Å². The van der Waals surface area contributed by atoms with Crippen LogP contribution in [0.3, 0.4) is 0 Å². The number of hydrogen-bond donors (Lipinski definition) is 2. The average molecular weight is 382 g/mol. The zero-order chi connectivity index (χ0) is 18.5. The highest BCUT2D eigenvalue weighted by atomic mass is 32.2. The Morgan fingerprint density at radius 2 is 1.96 bits per heavy atom. The van der Waals surface area contributed by atoms with Gasteiger partial charge in [0.25, 0.3) is 0 Å².